The van der Waals surface area contributed by atoms with Gasteiger partial charge >= 0.3 is 0 Å². The minimum absolute atomic E-state index is 0.397. The predicted octanol–water partition coefficient (Wildman–Crippen LogP) is 0.833. The lowest BCUT2D eigenvalue weighted by atomic mass is 9.99. The van der Waals surface area contributed by atoms with Crippen LogP contribution in [0, 0.1) is 0 Å². The minimum atomic E-state index is 0.397. The summed E-state index contributed by atoms with van der Waals surface area (Å²) in [5, 5.41) is 0. The molecule has 78 valence electrons. The zero-order chi connectivity index (χ0) is 9.84. The number of rotatable bonds is 3. The van der Waals surface area contributed by atoms with Gasteiger partial charge in [-0.25, -0.2) is 0 Å². The number of hydrogen-bond acceptors (Lipinski definition) is 3. The van der Waals surface area contributed by atoms with Crippen molar-refractivity contribution in [2.45, 2.75) is 44.9 Å². The topological polar surface area (TPSA) is 38.5 Å². The van der Waals surface area contributed by atoms with E-state index >= 15 is 0 Å². The lowest BCUT2D eigenvalue weighted by molar-refractivity contribution is -0.0608. The third kappa shape index (κ3) is 3.25. The van der Waals surface area contributed by atoms with Gasteiger partial charge in [0.05, 0.1) is 12.2 Å². The van der Waals surface area contributed by atoms with Crippen LogP contribution in [0.25, 0.3) is 0 Å². The Kier molecular flexibility index (Phi) is 4.16. The second kappa shape index (κ2) is 4.94. The lowest BCUT2D eigenvalue weighted by Gasteiger charge is -2.37. The fraction of sp³-hybridized carbons (Fsp3) is 1.00. The number of nitrogens with zero attached hydrogens (tertiary/aromatic N) is 1. The molecule has 0 aliphatic carbocycles. The van der Waals surface area contributed by atoms with Crippen molar-refractivity contribution in [3.8, 4) is 0 Å². The first-order valence-electron chi connectivity index (χ1n) is 5.19. The average molecular weight is 186 g/mol. The molecule has 1 rings (SSSR count). The van der Waals surface area contributed by atoms with Crippen LogP contribution in [0.5, 0.6) is 0 Å². The standard InChI is InChI=1S/C10H22N2O/c1-8-6-10(7-9(2)13-8)12(3)5-4-11/h8-10H,4-7,11H2,1-3H3. The number of nitrogens with two attached hydrogens (primary N) is 1. The second-order valence-corrected chi connectivity index (χ2v) is 4.15. The van der Waals surface area contributed by atoms with Crippen LogP contribution in [-0.4, -0.2) is 43.3 Å². The van der Waals surface area contributed by atoms with Gasteiger partial charge in [0.15, 0.2) is 0 Å². The molecule has 1 fully saturated rings. The van der Waals surface area contributed by atoms with E-state index in [-0.39, 0.29) is 0 Å². The normalized spacial score (nSPS) is 35.3. The van der Waals surface area contributed by atoms with Crippen molar-refractivity contribution in [1.29, 1.82) is 0 Å². The van der Waals surface area contributed by atoms with Crippen LogP contribution in [0.1, 0.15) is 26.7 Å². The Labute approximate surface area is 81.2 Å². The molecule has 0 radical (unpaired) electrons. The molecule has 3 nitrogen and oxygen atoms in total. The van der Waals surface area contributed by atoms with E-state index in [1.54, 1.807) is 0 Å². The quantitative estimate of drug-likeness (QED) is 0.709. The third-order valence-corrected chi connectivity index (χ3v) is 2.78. The molecule has 0 bridgehead atoms. The summed E-state index contributed by atoms with van der Waals surface area (Å²) in [7, 11) is 2.16. The minimum Gasteiger partial charge on any atom is -0.375 e. The Morgan fingerprint density at radius 2 is 1.85 bits per heavy atom. The maximum atomic E-state index is 5.69. The molecule has 1 aliphatic rings. The highest BCUT2D eigenvalue weighted by Crippen LogP contribution is 2.22. The highest BCUT2D eigenvalue weighted by atomic mass is 16.5. The molecule has 0 spiro atoms. The van der Waals surface area contributed by atoms with Crippen molar-refractivity contribution in [2.24, 2.45) is 5.73 Å². The van der Waals surface area contributed by atoms with E-state index in [2.05, 4.69) is 25.8 Å². The molecular formula is C10H22N2O. The van der Waals surface area contributed by atoms with Crippen molar-refractivity contribution in [3.63, 3.8) is 0 Å². The summed E-state index contributed by atoms with van der Waals surface area (Å²) < 4.78 is 5.69. The fourth-order valence-corrected chi connectivity index (χ4v) is 2.12. The van der Waals surface area contributed by atoms with Gasteiger partial charge in [0.1, 0.15) is 0 Å². The van der Waals surface area contributed by atoms with Gasteiger partial charge in [-0.3, -0.25) is 0 Å². The highest BCUT2D eigenvalue weighted by molar-refractivity contribution is 4.79. The summed E-state index contributed by atoms with van der Waals surface area (Å²) >= 11 is 0. The van der Waals surface area contributed by atoms with E-state index in [1.807, 2.05) is 0 Å². The SMILES string of the molecule is CC1CC(N(C)CCN)CC(C)O1. The molecule has 2 N–H and O–H groups in total. The van der Waals surface area contributed by atoms with Crippen molar-refractivity contribution < 1.29 is 4.74 Å². The molecular weight excluding hydrogens is 164 g/mol. The van der Waals surface area contributed by atoms with Gasteiger partial charge in [0.25, 0.3) is 0 Å². The zero-order valence-corrected chi connectivity index (χ0v) is 8.99. The molecule has 1 aliphatic heterocycles. The molecule has 0 saturated carbocycles. The predicted molar refractivity (Wildman–Crippen MR) is 54.7 cm³/mol. The van der Waals surface area contributed by atoms with Crippen LogP contribution in [0.2, 0.25) is 0 Å². The summed E-state index contributed by atoms with van der Waals surface area (Å²) in [4.78, 5) is 2.36. The molecule has 13 heavy (non-hydrogen) atoms. The van der Waals surface area contributed by atoms with E-state index in [9.17, 15) is 0 Å². The maximum absolute atomic E-state index is 5.69. The number of hydrogen-bond donors (Lipinski definition) is 1. The first-order chi connectivity index (χ1) is 6.13. The molecule has 1 heterocycles. The number of ether oxygens (including phenoxy) is 1. The smallest absolute Gasteiger partial charge is 0.0565 e. The summed E-state index contributed by atoms with van der Waals surface area (Å²) in [5.41, 5.74) is 5.53. The highest BCUT2D eigenvalue weighted by Gasteiger charge is 2.26. The van der Waals surface area contributed by atoms with Gasteiger partial charge < -0.3 is 15.4 Å². The Morgan fingerprint density at radius 1 is 1.31 bits per heavy atom. The van der Waals surface area contributed by atoms with Crippen molar-refractivity contribution in [1.82, 2.24) is 4.90 Å². The monoisotopic (exact) mass is 186 g/mol. The van der Waals surface area contributed by atoms with E-state index < -0.39 is 0 Å². The Hall–Kier alpha value is -0.120. The molecule has 0 aromatic rings. The third-order valence-electron chi connectivity index (χ3n) is 2.78. The van der Waals surface area contributed by atoms with Gasteiger partial charge in [-0.2, -0.15) is 0 Å². The molecule has 2 atom stereocenters. The maximum Gasteiger partial charge on any atom is 0.0565 e. The molecule has 0 aromatic carbocycles. The molecule has 2 unspecified atom stereocenters. The van der Waals surface area contributed by atoms with Crippen LogP contribution in [0.4, 0.5) is 0 Å². The Balaban J connectivity index is 2.40. The summed E-state index contributed by atoms with van der Waals surface area (Å²) in [5.74, 6) is 0. The van der Waals surface area contributed by atoms with Gasteiger partial charge in [0.2, 0.25) is 0 Å². The van der Waals surface area contributed by atoms with Crippen LogP contribution in [0.3, 0.4) is 0 Å². The van der Waals surface area contributed by atoms with Crippen molar-refractivity contribution >= 4 is 0 Å². The van der Waals surface area contributed by atoms with Gasteiger partial charge in [-0.05, 0) is 33.7 Å². The van der Waals surface area contributed by atoms with E-state index in [0.29, 0.717) is 18.2 Å². The number of likely N-dealkylation sites (N-methyl/N-ethyl adjacent to an activating group) is 1. The summed E-state index contributed by atoms with van der Waals surface area (Å²) in [6.45, 7) is 6.04. The van der Waals surface area contributed by atoms with Crippen LogP contribution in [-0.2, 0) is 4.74 Å². The van der Waals surface area contributed by atoms with Gasteiger partial charge in [0, 0.05) is 19.1 Å². The van der Waals surface area contributed by atoms with E-state index in [0.717, 1.165) is 25.9 Å². The molecule has 0 amide bonds. The second-order valence-electron chi connectivity index (χ2n) is 4.15. The Morgan fingerprint density at radius 3 is 2.31 bits per heavy atom. The summed E-state index contributed by atoms with van der Waals surface area (Å²) in [6, 6.07) is 0.655. The van der Waals surface area contributed by atoms with Gasteiger partial charge in [-0.15, -0.1) is 0 Å². The first-order valence-corrected chi connectivity index (χ1v) is 5.19. The average Bonchev–Trinajstić information content (AvgIpc) is 2.03. The summed E-state index contributed by atoms with van der Waals surface area (Å²) in [6.07, 6.45) is 3.07. The Bertz CT molecular complexity index is 142. The molecule has 1 saturated heterocycles. The largest absolute Gasteiger partial charge is 0.375 e. The van der Waals surface area contributed by atoms with Crippen LogP contribution in [0.15, 0.2) is 0 Å². The zero-order valence-electron chi connectivity index (χ0n) is 8.99. The van der Waals surface area contributed by atoms with Gasteiger partial charge in [-0.1, -0.05) is 0 Å². The van der Waals surface area contributed by atoms with Crippen LogP contribution >= 0.6 is 0 Å². The van der Waals surface area contributed by atoms with E-state index in [4.69, 9.17) is 10.5 Å². The van der Waals surface area contributed by atoms with Crippen LogP contribution < -0.4 is 5.73 Å². The molecule has 3 heteroatoms. The first kappa shape index (κ1) is 11.0. The fourth-order valence-electron chi connectivity index (χ4n) is 2.12. The van der Waals surface area contributed by atoms with E-state index in [1.165, 1.54) is 0 Å². The van der Waals surface area contributed by atoms with Crippen molar-refractivity contribution in [2.75, 3.05) is 20.1 Å². The van der Waals surface area contributed by atoms with Crippen molar-refractivity contribution in [3.05, 3.63) is 0 Å². The molecule has 0 aromatic heterocycles. The lowest BCUT2D eigenvalue weighted by Crippen LogP contribution is -2.44.